The number of nitrogens with zero attached hydrogens (tertiary/aromatic N) is 1. The van der Waals surface area contributed by atoms with Gasteiger partial charge in [-0.15, -0.1) is 0 Å². The number of H-pyrrole nitrogens is 1. The summed E-state index contributed by atoms with van der Waals surface area (Å²) >= 11 is 0. The summed E-state index contributed by atoms with van der Waals surface area (Å²) in [5.41, 5.74) is 0. The number of aromatic nitrogens is 2. The van der Waals surface area contributed by atoms with Gasteiger partial charge in [-0.2, -0.15) is 0 Å². The average molecular weight is 229 g/mol. The van der Waals surface area contributed by atoms with Gasteiger partial charge in [-0.3, -0.25) is 4.79 Å². The number of aromatic amines is 1. The number of carbonyl (C=O) groups is 2. The second-order valence-electron chi connectivity index (χ2n) is 3.12. The molecule has 0 saturated heterocycles. The number of aliphatic carboxylic acids is 2. The second-order valence-corrected chi connectivity index (χ2v) is 3.12. The highest BCUT2D eigenvalue weighted by Crippen LogP contribution is 1.89. The van der Waals surface area contributed by atoms with E-state index in [-0.39, 0.29) is 19.6 Å². The van der Waals surface area contributed by atoms with Crippen molar-refractivity contribution in [2.75, 3.05) is 13.2 Å². The number of nitrogens with one attached hydrogen (secondary N) is 1. The molecule has 7 heteroatoms. The second kappa shape index (κ2) is 5.86. The van der Waals surface area contributed by atoms with Crippen molar-refractivity contribution >= 4 is 11.9 Å². The molecule has 0 spiro atoms. The fourth-order valence-electron chi connectivity index (χ4n) is 1.22. The van der Waals surface area contributed by atoms with Gasteiger partial charge in [0.25, 0.3) is 5.82 Å². The largest absolute Gasteiger partial charge is 0.481 e. The molecule has 0 aliphatic rings. The fourth-order valence-corrected chi connectivity index (χ4v) is 1.22. The third-order valence-corrected chi connectivity index (χ3v) is 1.87. The molecule has 1 aromatic rings. The first kappa shape index (κ1) is 12.2. The van der Waals surface area contributed by atoms with Gasteiger partial charge in [-0.1, -0.05) is 0 Å². The molecular formula is C9H13N2O5+. The molecule has 7 nitrogen and oxygen atoms in total. The number of imidazole rings is 1. The minimum atomic E-state index is -1.02. The maximum atomic E-state index is 10.5. The minimum absolute atomic E-state index is 0.105. The van der Waals surface area contributed by atoms with Gasteiger partial charge in [-0.05, 0) is 0 Å². The SMILES string of the molecule is O=C(O)COCC[n+]1cc[nH]c1CC(=O)O. The van der Waals surface area contributed by atoms with Crippen LogP contribution in [0.2, 0.25) is 0 Å². The van der Waals surface area contributed by atoms with E-state index in [9.17, 15) is 9.59 Å². The lowest BCUT2D eigenvalue weighted by atomic mass is 10.4. The first-order valence-electron chi connectivity index (χ1n) is 4.66. The van der Waals surface area contributed by atoms with Gasteiger partial charge in [0.2, 0.25) is 0 Å². The lowest BCUT2D eigenvalue weighted by molar-refractivity contribution is -0.703. The smallest absolute Gasteiger partial charge is 0.329 e. The zero-order valence-corrected chi connectivity index (χ0v) is 8.55. The quantitative estimate of drug-likeness (QED) is 0.412. The Morgan fingerprint density at radius 3 is 2.75 bits per heavy atom. The van der Waals surface area contributed by atoms with Crippen molar-refractivity contribution < 1.29 is 29.1 Å². The number of carboxylic acid groups (broad SMARTS) is 2. The van der Waals surface area contributed by atoms with Crippen molar-refractivity contribution in [1.29, 1.82) is 0 Å². The molecule has 0 fully saturated rings. The number of hydrogen-bond acceptors (Lipinski definition) is 3. The van der Waals surface area contributed by atoms with E-state index < -0.39 is 11.9 Å². The molecule has 0 aliphatic heterocycles. The number of rotatable bonds is 7. The lowest BCUT2D eigenvalue weighted by Gasteiger charge is -2.00. The van der Waals surface area contributed by atoms with Crippen LogP contribution in [0.1, 0.15) is 5.82 Å². The Bertz CT molecular complexity index is 374. The van der Waals surface area contributed by atoms with Gasteiger partial charge in [-0.25, -0.2) is 14.3 Å². The molecule has 0 unspecified atom stereocenters. The monoisotopic (exact) mass is 229 g/mol. The molecule has 1 rings (SSSR count). The van der Waals surface area contributed by atoms with E-state index in [0.29, 0.717) is 12.4 Å². The summed E-state index contributed by atoms with van der Waals surface area (Å²) in [6, 6.07) is 0. The molecule has 0 amide bonds. The Hall–Kier alpha value is -1.89. The molecule has 0 aliphatic carbocycles. The predicted molar refractivity (Wildman–Crippen MR) is 50.8 cm³/mol. The Kier molecular flexibility index (Phi) is 4.46. The van der Waals surface area contributed by atoms with Crippen LogP contribution < -0.4 is 4.57 Å². The summed E-state index contributed by atoms with van der Waals surface area (Å²) in [7, 11) is 0. The number of hydrogen-bond donors (Lipinski definition) is 3. The van der Waals surface area contributed by atoms with Gasteiger partial charge in [0.1, 0.15) is 32.0 Å². The van der Waals surface area contributed by atoms with Crippen LogP contribution in [-0.4, -0.2) is 40.3 Å². The standard InChI is InChI=1S/C9H12N2O5/c12-8(13)5-7-10-1-2-11(7)3-4-16-6-9(14)15/h1-2H,3-6H2,(H2,12,13,14,15)/p+1. The average Bonchev–Trinajstić information content (AvgIpc) is 2.59. The summed E-state index contributed by atoms with van der Waals surface area (Å²) in [6.07, 6.45) is 3.20. The van der Waals surface area contributed by atoms with E-state index >= 15 is 0 Å². The first-order chi connectivity index (χ1) is 7.59. The van der Waals surface area contributed by atoms with Gasteiger partial charge in [0, 0.05) is 0 Å². The molecule has 1 heterocycles. The maximum Gasteiger partial charge on any atom is 0.329 e. The highest BCUT2D eigenvalue weighted by Gasteiger charge is 2.14. The molecule has 3 N–H and O–H groups in total. The van der Waals surface area contributed by atoms with Crippen LogP contribution in [0, 0.1) is 0 Å². The van der Waals surface area contributed by atoms with Crippen LogP contribution >= 0.6 is 0 Å². The van der Waals surface area contributed by atoms with E-state index in [0.717, 1.165) is 0 Å². The maximum absolute atomic E-state index is 10.5. The Balaban J connectivity index is 2.38. The van der Waals surface area contributed by atoms with Crippen molar-refractivity contribution in [3.63, 3.8) is 0 Å². The molecule has 1 aromatic heterocycles. The van der Waals surface area contributed by atoms with Crippen LogP contribution in [0.25, 0.3) is 0 Å². The highest BCUT2D eigenvalue weighted by molar-refractivity contribution is 5.68. The molecule has 0 saturated carbocycles. The summed E-state index contributed by atoms with van der Waals surface area (Å²) in [4.78, 5) is 23.5. The van der Waals surface area contributed by atoms with E-state index in [2.05, 4.69) is 4.98 Å². The number of ether oxygens (including phenoxy) is 1. The third kappa shape index (κ3) is 4.09. The van der Waals surface area contributed by atoms with Crippen molar-refractivity contribution in [3.05, 3.63) is 18.2 Å². The van der Waals surface area contributed by atoms with Crippen LogP contribution in [0.15, 0.2) is 12.4 Å². The molecule has 0 bridgehead atoms. The summed E-state index contributed by atoms with van der Waals surface area (Å²) in [6.45, 7) is 0.292. The lowest BCUT2D eigenvalue weighted by Crippen LogP contribution is -2.39. The molecule has 0 atom stereocenters. The highest BCUT2D eigenvalue weighted by atomic mass is 16.5. The third-order valence-electron chi connectivity index (χ3n) is 1.87. The van der Waals surface area contributed by atoms with Crippen molar-refractivity contribution in [1.82, 2.24) is 4.98 Å². The normalized spacial score (nSPS) is 10.2. The van der Waals surface area contributed by atoms with Crippen molar-refractivity contribution in [2.24, 2.45) is 0 Å². The zero-order valence-electron chi connectivity index (χ0n) is 8.55. The van der Waals surface area contributed by atoms with Crippen LogP contribution in [0.3, 0.4) is 0 Å². The molecule has 0 aromatic carbocycles. The van der Waals surface area contributed by atoms with Crippen molar-refractivity contribution in [2.45, 2.75) is 13.0 Å². The topological polar surface area (TPSA) is 104 Å². The van der Waals surface area contributed by atoms with Gasteiger partial charge >= 0.3 is 11.9 Å². The van der Waals surface area contributed by atoms with Crippen molar-refractivity contribution in [3.8, 4) is 0 Å². The van der Waals surface area contributed by atoms with E-state index in [1.165, 1.54) is 0 Å². The van der Waals surface area contributed by atoms with E-state index in [1.54, 1.807) is 17.0 Å². The summed E-state index contributed by atoms with van der Waals surface area (Å²) in [5, 5.41) is 16.9. The fraction of sp³-hybridized carbons (Fsp3) is 0.444. The Morgan fingerprint density at radius 1 is 1.38 bits per heavy atom. The molecular weight excluding hydrogens is 216 g/mol. The zero-order chi connectivity index (χ0) is 12.0. The van der Waals surface area contributed by atoms with Gasteiger partial charge < -0.3 is 14.9 Å². The van der Waals surface area contributed by atoms with E-state index in [4.69, 9.17) is 14.9 Å². The van der Waals surface area contributed by atoms with E-state index in [1.807, 2.05) is 0 Å². The first-order valence-corrected chi connectivity index (χ1v) is 4.66. The number of carboxylic acids is 2. The Morgan fingerprint density at radius 2 is 2.12 bits per heavy atom. The Labute approximate surface area is 91.3 Å². The molecule has 0 radical (unpaired) electrons. The molecule has 16 heavy (non-hydrogen) atoms. The minimum Gasteiger partial charge on any atom is -0.481 e. The molecule has 88 valence electrons. The summed E-state index contributed by atoms with van der Waals surface area (Å²) in [5.74, 6) is -1.40. The van der Waals surface area contributed by atoms with Crippen LogP contribution in [-0.2, 0) is 27.3 Å². The predicted octanol–water partition coefficient (Wildman–Crippen LogP) is -0.969. The van der Waals surface area contributed by atoms with Gasteiger partial charge in [0.15, 0.2) is 0 Å². The summed E-state index contributed by atoms with van der Waals surface area (Å²) < 4.78 is 6.52. The van der Waals surface area contributed by atoms with Crippen LogP contribution in [0.5, 0.6) is 0 Å². The van der Waals surface area contributed by atoms with Gasteiger partial charge in [0.05, 0.1) is 6.61 Å². The van der Waals surface area contributed by atoms with Crippen LogP contribution in [0.4, 0.5) is 0 Å².